The molecule has 1 aliphatic carbocycles. The molecule has 2 bridgehead atoms. The molecule has 4 aliphatic rings. The van der Waals surface area contributed by atoms with Gasteiger partial charge in [-0.05, 0) is 66.5 Å². The van der Waals surface area contributed by atoms with Crippen molar-refractivity contribution >= 4 is 5.71 Å². The van der Waals surface area contributed by atoms with Gasteiger partial charge in [-0.25, -0.2) is 0 Å². The van der Waals surface area contributed by atoms with Crippen molar-refractivity contribution in [2.45, 2.75) is 83.1 Å². The fourth-order valence-corrected chi connectivity index (χ4v) is 5.29. The molecule has 0 aromatic heterocycles. The zero-order chi connectivity index (χ0) is 20.9. The number of aliphatic hydroxyl groups is 1. The van der Waals surface area contributed by atoms with Gasteiger partial charge >= 0.3 is 0 Å². The summed E-state index contributed by atoms with van der Waals surface area (Å²) < 4.78 is 11.8. The number of aliphatic hydroxyl groups excluding tert-OH is 1. The highest BCUT2D eigenvalue weighted by Crippen LogP contribution is 2.50. The molecular weight excluding hydrogens is 370 g/mol. The highest BCUT2D eigenvalue weighted by molar-refractivity contribution is 5.98. The first-order chi connectivity index (χ1) is 13.9. The van der Waals surface area contributed by atoms with Crippen molar-refractivity contribution in [3.8, 4) is 0 Å². The summed E-state index contributed by atoms with van der Waals surface area (Å²) in [5.41, 5.74) is 0.477. The Hall–Kier alpha value is -0.730. The molecule has 4 rings (SSSR count). The molecule has 29 heavy (non-hydrogen) atoms. The quantitative estimate of drug-likeness (QED) is 0.424. The molecule has 3 saturated heterocycles. The first-order valence-corrected chi connectivity index (χ1v) is 11.5. The second kappa shape index (κ2) is 10.1. The monoisotopic (exact) mass is 411 g/mol. The first-order valence-electron chi connectivity index (χ1n) is 11.5. The summed E-state index contributed by atoms with van der Waals surface area (Å²) in [6.07, 6.45) is 5.37. The summed E-state index contributed by atoms with van der Waals surface area (Å²) >= 11 is 0. The van der Waals surface area contributed by atoms with Crippen LogP contribution in [0.4, 0.5) is 0 Å². The van der Waals surface area contributed by atoms with Crippen LogP contribution in [0.5, 0.6) is 0 Å². The largest absolute Gasteiger partial charge is 0.393 e. The molecule has 1 saturated carbocycles. The van der Waals surface area contributed by atoms with Crippen LogP contribution in [-0.2, 0) is 14.3 Å². The van der Waals surface area contributed by atoms with Crippen LogP contribution >= 0.6 is 0 Å². The van der Waals surface area contributed by atoms with Gasteiger partial charge < -0.3 is 24.7 Å². The molecule has 4 atom stereocenters. The van der Waals surface area contributed by atoms with E-state index in [0.717, 1.165) is 38.2 Å². The number of piperidine rings is 1. The molecule has 3 aliphatic heterocycles. The SMILES string of the molecule is CCOCCNCC(O)CO/N=C1\[C@H](N2CCCCC2)[C@H]2CC[C@]1(C)OC2(C)C. The highest BCUT2D eigenvalue weighted by Gasteiger charge is 2.59. The van der Waals surface area contributed by atoms with Gasteiger partial charge in [-0.1, -0.05) is 11.6 Å². The average Bonchev–Trinajstić information content (AvgIpc) is 2.68. The van der Waals surface area contributed by atoms with Crippen molar-refractivity contribution in [3.05, 3.63) is 0 Å². The number of hydrogen-bond acceptors (Lipinski definition) is 7. The number of likely N-dealkylation sites (tertiary alicyclic amines) is 1. The van der Waals surface area contributed by atoms with Crippen LogP contribution in [0.25, 0.3) is 0 Å². The van der Waals surface area contributed by atoms with E-state index in [9.17, 15) is 5.11 Å². The predicted octanol–water partition coefficient (Wildman–Crippen LogP) is 2.18. The lowest BCUT2D eigenvalue weighted by molar-refractivity contribution is -0.197. The third-order valence-corrected chi connectivity index (χ3v) is 6.74. The maximum absolute atomic E-state index is 10.2. The van der Waals surface area contributed by atoms with Gasteiger partial charge in [0.25, 0.3) is 0 Å². The molecule has 4 fully saturated rings. The molecular formula is C22H41N3O4. The molecule has 7 heteroatoms. The van der Waals surface area contributed by atoms with Gasteiger partial charge in [0.2, 0.25) is 0 Å². The lowest BCUT2D eigenvalue weighted by atomic mass is 9.64. The van der Waals surface area contributed by atoms with Gasteiger partial charge in [-0.2, -0.15) is 0 Å². The van der Waals surface area contributed by atoms with E-state index in [2.05, 4.69) is 36.1 Å². The maximum Gasteiger partial charge on any atom is 0.144 e. The molecule has 3 heterocycles. The number of nitrogens with one attached hydrogen (secondary N) is 1. The Morgan fingerprint density at radius 3 is 2.72 bits per heavy atom. The van der Waals surface area contributed by atoms with Crippen molar-refractivity contribution in [2.24, 2.45) is 11.1 Å². The maximum atomic E-state index is 10.2. The van der Waals surface area contributed by atoms with Crippen LogP contribution in [0, 0.1) is 5.92 Å². The van der Waals surface area contributed by atoms with Crippen molar-refractivity contribution in [2.75, 3.05) is 46.0 Å². The van der Waals surface area contributed by atoms with Crippen LogP contribution < -0.4 is 5.32 Å². The second-order valence-corrected chi connectivity index (χ2v) is 9.45. The number of nitrogens with zero attached hydrogens (tertiary/aromatic N) is 2. The van der Waals surface area contributed by atoms with Crippen molar-refractivity contribution in [1.82, 2.24) is 10.2 Å². The smallest absolute Gasteiger partial charge is 0.144 e. The molecule has 0 aromatic rings. The van der Waals surface area contributed by atoms with E-state index in [4.69, 9.17) is 14.3 Å². The number of fused-ring (bicyclic) bond motifs is 3. The van der Waals surface area contributed by atoms with Gasteiger partial charge in [0.05, 0.1) is 18.2 Å². The van der Waals surface area contributed by atoms with Gasteiger partial charge in [0, 0.05) is 25.6 Å². The Bertz CT molecular complexity index is 550. The van der Waals surface area contributed by atoms with Crippen molar-refractivity contribution in [3.63, 3.8) is 0 Å². The average molecular weight is 412 g/mol. The summed E-state index contributed by atoms with van der Waals surface area (Å²) in [6, 6.07) is 0.277. The summed E-state index contributed by atoms with van der Waals surface area (Å²) in [5.74, 6) is 0.426. The van der Waals surface area contributed by atoms with E-state index in [1.165, 1.54) is 19.3 Å². The first kappa shape index (κ1) is 22.9. The van der Waals surface area contributed by atoms with Crippen LogP contribution in [-0.4, -0.2) is 85.1 Å². The van der Waals surface area contributed by atoms with Crippen molar-refractivity contribution < 1.29 is 19.4 Å². The predicted molar refractivity (Wildman–Crippen MR) is 114 cm³/mol. The standard InChI is InChI=1S/C22H41N3O4/c1-5-27-14-11-23-15-17(26)16-28-24-20-19(25-12-7-6-8-13-25)18-9-10-22(20,4)29-21(18,2)3/h17-19,23,26H,5-16H2,1-4H3/b24-20+/t17?,18-,19-,22+/m1/s1. The Labute approximate surface area is 176 Å². The molecule has 0 aromatic carbocycles. The van der Waals surface area contributed by atoms with Gasteiger partial charge in [-0.3, -0.25) is 4.90 Å². The minimum Gasteiger partial charge on any atom is -0.393 e. The van der Waals surface area contributed by atoms with E-state index in [1.54, 1.807) is 0 Å². The number of oxime groups is 1. The summed E-state index contributed by atoms with van der Waals surface area (Å²) in [7, 11) is 0. The van der Waals surface area contributed by atoms with Crippen molar-refractivity contribution in [1.29, 1.82) is 0 Å². The third kappa shape index (κ3) is 5.50. The van der Waals surface area contributed by atoms with Crippen LogP contribution in [0.3, 0.4) is 0 Å². The Morgan fingerprint density at radius 2 is 2.03 bits per heavy atom. The zero-order valence-electron chi connectivity index (χ0n) is 18.8. The second-order valence-electron chi connectivity index (χ2n) is 9.45. The molecule has 0 amide bonds. The molecule has 0 spiro atoms. The summed E-state index contributed by atoms with van der Waals surface area (Å²) in [4.78, 5) is 8.28. The lowest BCUT2D eigenvalue weighted by Crippen LogP contribution is -2.70. The van der Waals surface area contributed by atoms with E-state index >= 15 is 0 Å². The Kier molecular flexibility index (Phi) is 7.95. The Balaban J connectivity index is 1.62. The molecule has 168 valence electrons. The van der Waals surface area contributed by atoms with E-state index in [-0.39, 0.29) is 23.9 Å². The van der Waals surface area contributed by atoms with Gasteiger partial charge in [0.15, 0.2) is 0 Å². The summed E-state index contributed by atoms with van der Waals surface area (Å²) in [5, 5.41) is 18.0. The van der Waals surface area contributed by atoms with Crippen LogP contribution in [0.1, 0.15) is 59.8 Å². The molecule has 0 radical (unpaired) electrons. The van der Waals surface area contributed by atoms with Gasteiger partial charge in [-0.15, -0.1) is 0 Å². The van der Waals surface area contributed by atoms with E-state index in [0.29, 0.717) is 25.7 Å². The zero-order valence-corrected chi connectivity index (χ0v) is 18.8. The topological polar surface area (TPSA) is 75.5 Å². The van der Waals surface area contributed by atoms with Gasteiger partial charge in [0.1, 0.15) is 24.0 Å². The van der Waals surface area contributed by atoms with Crippen LogP contribution in [0.2, 0.25) is 0 Å². The fraction of sp³-hybridized carbons (Fsp3) is 0.955. The van der Waals surface area contributed by atoms with Crippen LogP contribution in [0.15, 0.2) is 5.16 Å². The fourth-order valence-electron chi connectivity index (χ4n) is 5.29. The minimum atomic E-state index is -0.597. The molecule has 2 N–H and O–H groups in total. The summed E-state index contributed by atoms with van der Waals surface area (Å²) in [6.45, 7) is 13.6. The number of ether oxygens (including phenoxy) is 2. The normalized spacial score (nSPS) is 34.4. The highest BCUT2D eigenvalue weighted by atomic mass is 16.6. The lowest BCUT2D eigenvalue weighted by Gasteiger charge is -2.60. The van der Waals surface area contributed by atoms with E-state index < -0.39 is 6.10 Å². The minimum absolute atomic E-state index is 0.155. The van der Waals surface area contributed by atoms with E-state index in [1.807, 2.05) is 6.92 Å². The molecule has 1 unspecified atom stereocenters. The Morgan fingerprint density at radius 1 is 1.28 bits per heavy atom. The molecule has 7 nitrogen and oxygen atoms in total. The number of rotatable bonds is 10. The third-order valence-electron chi connectivity index (χ3n) is 6.74. The number of hydrogen-bond donors (Lipinski definition) is 2.